The van der Waals surface area contributed by atoms with Crippen LogP contribution in [-0.2, 0) is 22.0 Å². The van der Waals surface area contributed by atoms with E-state index in [4.69, 9.17) is 0 Å². The largest absolute Gasteiger partial charge is 0.507 e. The highest BCUT2D eigenvalue weighted by Gasteiger charge is 2.26. The van der Waals surface area contributed by atoms with Gasteiger partial charge in [0.2, 0.25) is 5.91 Å². The molecule has 1 amide bonds. The molecular weight excluding hydrogens is 390 g/mol. The third-order valence-electron chi connectivity index (χ3n) is 5.07. The highest BCUT2D eigenvalue weighted by Crippen LogP contribution is 2.40. The van der Waals surface area contributed by atoms with E-state index in [2.05, 4.69) is 59.0 Å². The molecule has 0 radical (unpaired) electrons. The first-order chi connectivity index (χ1) is 13.9. The quantitative estimate of drug-likeness (QED) is 0.489. The fourth-order valence-electron chi connectivity index (χ4n) is 3.45. The molecule has 0 fully saturated rings. The summed E-state index contributed by atoms with van der Waals surface area (Å²) >= 11 is 1.67. The Kier molecular flexibility index (Phi) is 8.04. The molecule has 0 atom stereocenters. The summed E-state index contributed by atoms with van der Waals surface area (Å²) in [5.41, 5.74) is 5.05. The van der Waals surface area contributed by atoms with Crippen LogP contribution in [0.1, 0.15) is 70.2 Å². The first-order valence-corrected chi connectivity index (χ1v) is 11.8. The van der Waals surface area contributed by atoms with Gasteiger partial charge < -0.3 is 10.4 Å². The van der Waals surface area contributed by atoms with E-state index in [0.717, 1.165) is 41.0 Å². The molecular formula is C26H37NO2S. The van der Waals surface area contributed by atoms with Crippen molar-refractivity contribution < 1.29 is 9.90 Å². The van der Waals surface area contributed by atoms with E-state index in [1.54, 1.807) is 11.8 Å². The summed E-state index contributed by atoms with van der Waals surface area (Å²) in [6, 6.07) is 12.2. The number of aromatic hydroxyl groups is 1. The zero-order valence-corrected chi connectivity index (χ0v) is 20.4. The van der Waals surface area contributed by atoms with Crippen molar-refractivity contribution in [2.24, 2.45) is 0 Å². The molecule has 0 unspecified atom stereocenters. The molecule has 164 valence electrons. The van der Waals surface area contributed by atoms with E-state index in [1.165, 1.54) is 5.56 Å². The van der Waals surface area contributed by atoms with Crippen LogP contribution in [0.4, 0.5) is 5.69 Å². The number of amides is 1. The Morgan fingerprint density at radius 1 is 1.00 bits per heavy atom. The van der Waals surface area contributed by atoms with Gasteiger partial charge >= 0.3 is 0 Å². The number of aryl methyl sites for hydroxylation is 2. The van der Waals surface area contributed by atoms with E-state index in [0.29, 0.717) is 11.5 Å². The Bertz CT molecular complexity index is 840. The van der Waals surface area contributed by atoms with E-state index < -0.39 is 0 Å². The summed E-state index contributed by atoms with van der Waals surface area (Å²) in [5.74, 6) is 1.86. The number of anilines is 1. The van der Waals surface area contributed by atoms with E-state index in [1.807, 2.05) is 31.2 Å². The van der Waals surface area contributed by atoms with Gasteiger partial charge in [-0.05, 0) is 70.7 Å². The Morgan fingerprint density at radius 3 is 2.13 bits per heavy atom. The lowest BCUT2D eigenvalue weighted by Gasteiger charge is -2.28. The molecule has 2 aromatic rings. The molecule has 0 aliphatic rings. The zero-order chi connectivity index (χ0) is 22.5. The number of carbonyl (C=O) groups is 1. The minimum absolute atomic E-state index is 0.0419. The number of thioether (sulfide) groups is 1. The van der Waals surface area contributed by atoms with E-state index >= 15 is 0 Å². The Morgan fingerprint density at radius 2 is 1.60 bits per heavy atom. The fourth-order valence-corrected chi connectivity index (χ4v) is 4.20. The number of phenols is 1. The summed E-state index contributed by atoms with van der Waals surface area (Å²) in [6.07, 6.45) is 1.94. The summed E-state index contributed by atoms with van der Waals surface area (Å²) < 4.78 is 0. The Labute approximate surface area is 186 Å². The summed E-state index contributed by atoms with van der Waals surface area (Å²) in [5, 5.41) is 13.8. The Hall–Kier alpha value is -1.94. The number of benzene rings is 2. The van der Waals surface area contributed by atoms with Gasteiger partial charge in [0.15, 0.2) is 0 Å². The molecule has 2 N–H and O–H groups in total. The second-order valence-electron chi connectivity index (χ2n) is 10.1. The van der Waals surface area contributed by atoms with Crippen LogP contribution in [0.25, 0.3) is 0 Å². The van der Waals surface area contributed by atoms with Gasteiger partial charge in [-0.3, -0.25) is 4.79 Å². The lowest BCUT2D eigenvalue weighted by atomic mass is 9.78. The molecule has 0 saturated carbocycles. The lowest BCUT2D eigenvalue weighted by Crippen LogP contribution is -2.18. The standard InChI is InChI=1S/C26H37NO2S/c1-18-10-8-12-20(14-18)27-23(28)17-30-13-9-11-19-15-21(25(2,3)4)24(29)22(16-19)26(5,6)7/h8,10,12,14-16,29H,9,11,13,17H2,1-7H3,(H,27,28). The minimum atomic E-state index is -0.108. The van der Waals surface area contributed by atoms with Crippen molar-refractivity contribution >= 4 is 23.4 Å². The van der Waals surface area contributed by atoms with Crippen molar-refractivity contribution in [3.05, 3.63) is 58.7 Å². The predicted molar refractivity (Wildman–Crippen MR) is 131 cm³/mol. The minimum Gasteiger partial charge on any atom is -0.507 e. The molecule has 0 saturated heterocycles. The van der Waals surface area contributed by atoms with Crippen LogP contribution in [0.3, 0.4) is 0 Å². The zero-order valence-electron chi connectivity index (χ0n) is 19.6. The van der Waals surface area contributed by atoms with E-state index in [9.17, 15) is 9.90 Å². The smallest absolute Gasteiger partial charge is 0.234 e. The number of rotatable bonds is 7. The van der Waals surface area contributed by atoms with Crippen molar-refractivity contribution in [3.8, 4) is 5.75 Å². The van der Waals surface area contributed by atoms with Gasteiger partial charge in [0.05, 0.1) is 5.75 Å². The van der Waals surface area contributed by atoms with Crippen molar-refractivity contribution in [3.63, 3.8) is 0 Å². The average molecular weight is 428 g/mol. The van der Waals surface area contributed by atoms with Crippen LogP contribution in [-0.4, -0.2) is 22.5 Å². The van der Waals surface area contributed by atoms with Gasteiger partial charge in [0.25, 0.3) is 0 Å². The van der Waals surface area contributed by atoms with Crippen LogP contribution < -0.4 is 5.32 Å². The first-order valence-electron chi connectivity index (χ1n) is 10.7. The summed E-state index contributed by atoms with van der Waals surface area (Å²) in [6.45, 7) is 14.9. The topological polar surface area (TPSA) is 49.3 Å². The van der Waals surface area contributed by atoms with Crippen LogP contribution in [0, 0.1) is 6.92 Å². The van der Waals surface area contributed by atoms with Crippen LogP contribution in [0.2, 0.25) is 0 Å². The second-order valence-corrected chi connectivity index (χ2v) is 11.2. The summed E-state index contributed by atoms with van der Waals surface area (Å²) in [7, 11) is 0. The molecule has 0 aliphatic carbocycles. The SMILES string of the molecule is Cc1cccc(NC(=O)CSCCCc2cc(C(C)(C)C)c(O)c(C(C)(C)C)c2)c1. The molecule has 2 aromatic carbocycles. The maximum absolute atomic E-state index is 12.1. The average Bonchev–Trinajstić information content (AvgIpc) is 2.60. The van der Waals surface area contributed by atoms with Crippen molar-refractivity contribution in [2.75, 3.05) is 16.8 Å². The molecule has 0 aliphatic heterocycles. The lowest BCUT2D eigenvalue weighted by molar-refractivity contribution is -0.113. The molecule has 3 nitrogen and oxygen atoms in total. The monoisotopic (exact) mass is 427 g/mol. The normalized spacial score (nSPS) is 12.1. The molecule has 2 rings (SSSR count). The van der Waals surface area contributed by atoms with E-state index in [-0.39, 0.29) is 16.7 Å². The molecule has 0 spiro atoms. The maximum Gasteiger partial charge on any atom is 0.234 e. The van der Waals surface area contributed by atoms with Gasteiger partial charge in [-0.25, -0.2) is 0 Å². The highest BCUT2D eigenvalue weighted by atomic mass is 32.2. The maximum atomic E-state index is 12.1. The molecule has 0 heterocycles. The van der Waals surface area contributed by atoms with Crippen molar-refractivity contribution in [1.82, 2.24) is 0 Å². The molecule has 0 aromatic heterocycles. The van der Waals surface area contributed by atoms with Gasteiger partial charge in [-0.15, -0.1) is 0 Å². The van der Waals surface area contributed by atoms with Crippen LogP contribution in [0.15, 0.2) is 36.4 Å². The van der Waals surface area contributed by atoms with Gasteiger partial charge in [0, 0.05) is 5.69 Å². The molecule has 30 heavy (non-hydrogen) atoms. The number of hydrogen-bond donors (Lipinski definition) is 2. The first kappa shape index (κ1) is 24.3. The van der Waals surface area contributed by atoms with Crippen LogP contribution >= 0.6 is 11.8 Å². The second kappa shape index (κ2) is 9.91. The summed E-state index contributed by atoms with van der Waals surface area (Å²) in [4.78, 5) is 12.1. The van der Waals surface area contributed by atoms with Crippen molar-refractivity contribution in [2.45, 2.75) is 72.1 Å². The van der Waals surface area contributed by atoms with Gasteiger partial charge in [-0.2, -0.15) is 11.8 Å². The highest BCUT2D eigenvalue weighted by molar-refractivity contribution is 7.99. The number of nitrogens with one attached hydrogen (secondary N) is 1. The number of hydrogen-bond acceptors (Lipinski definition) is 3. The van der Waals surface area contributed by atoms with Gasteiger partial charge in [0.1, 0.15) is 5.75 Å². The van der Waals surface area contributed by atoms with Crippen LogP contribution in [0.5, 0.6) is 5.75 Å². The predicted octanol–water partition coefficient (Wildman–Crippen LogP) is 6.60. The third-order valence-corrected chi connectivity index (χ3v) is 6.12. The Balaban J connectivity index is 1.92. The number of phenolic OH excluding ortho intramolecular Hbond substituents is 1. The van der Waals surface area contributed by atoms with Gasteiger partial charge in [-0.1, -0.05) is 65.8 Å². The number of carbonyl (C=O) groups excluding carboxylic acids is 1. The van der Waals surface area contributed by atoms with Crippen molar-refractivity contribution in [1.29, 1.82) is 0 Å². The molecule has 4 heteroatoms. The molecule has 0 bridgehead atoms. The third kappa shape index (κ3) is 7.09. The fraction of sp³-hybridized carbons (Fsp3) is 0.500.